The van der Waals surface area contributed by atoms with Crippen LogP contribution < -0.4 is 16.0 Å². The minimum atomic E-state index is -0.523. The Morgan fingerprint density at radius 1 is 0.771 bits per heavy atom. The van der Waals surface area contributed by atoms with Gasteiger partial charge in [-0.05, 0) is 55.5 Å². The maximum absolute atomic E-state index is 13.5. The van der Waals surface area contributed by atoms with Crippen molar-refractivity contribution in [2.75, 3.05) is 16.4 Å². The van der Waals surface area contributed by atoms with Crippen LogP contribution in [-0.4, -0.2) is 28.5 Å². The molecular weight excluding hydrogens is 641 g/mol. The molecule has 6 aromatic rings. The third-order valence-corrected chi connectivity index (χ3v) is 8.97. The lowest BCUT2D eigenvalue weighted by Crippen LogP contribution is -2.30. The fraction of sp³-hybridized carbons (Fsp3) is 0.0526. The summed E-state index contributed by atoms with van der Waals surface area (Å²) < 4.78 is 5.97. The SMILES string of the molecule is Cc1sc(NC(=O)CSc2ccc(NC(=O)C(=Cc3ccc(-c4ccccc4)o3)NC(=O)c3ccccc3)cc2)nc1-c1ccccc1. The van der Waals surface area contributed by atoms with Gasteiger partial charge in [-0.25, -0.2) is 4.98 Å². The summed E-state index contributed by atoms with van der Waals surface area (Å²) in [5, 5.41) is 9.02. The molecule has 10 heteroatoms. The fourth-order valence-electron chi connectivity index (χ4n) is 4.72. The van der Waals surface area contributed by atoms with Crippen molar-refractivity contribution in [1.29, 1.82) is 0 Å². The largest absolute Gasteiger partial charge is 0.457 e. The number of aryl methyl sites for hydroxylation is 1. The average molecular weight is 671 g/mol. The zero-order valence-corrected chi connectivity index (χ0v) is 27.4. The zero-order valence-electron chi connectivity index (χ0n) is 25.8. The lowest BCUT2D eigenvalue weighted by atomic mass is 10.1. The Bertz CT molecular complexity index is 2060. The Kier molecular flexibility index (Phi) is 10.2. The van der Waals surface area contributed by atoms with Gasteiger partial charge in [0.15, 0.2) is 5.13 Å². The molecule has 3 amide bonds. The Hall–Kier alpha value is -5.71. The average Bonchev–Trinajstić information content (AvgIpc) is 3.74. The van der Waals surface area contributed by atoms with Crippen molar-refractivity contribution >= 4 is 57.7 Å². The Morgan fingerprint density at radius 2 is 1.42 bits per heavy atom. The number of amides is 3. The molecule has 8 nitrogen and oxygen atoms in total. The van der Waals surface area contributed by atoms with Gasteiger partial charge in [0.05, 0.1) is 11.4 Å². The van der Waals surface area contributed by atoms with Crippen molar-refractivity contribution in [3.05, 3.63) is 149 Å². The standard InChI is InChI=1S/C38H30N4O4S2/c1-25-35(27-13-7-3-8-14-27)42-38(48-25)41-34(43)24-47-31-20-17-29(18-21-31)39-37(45)32(40-36(44)28-15-9-4-10-16-28)23-30-19-22-33(46-30)26-11-5-2-6-12-26/h2-23H,24H2,1H3,(H,39,45)(H,40,44)(H,41,42,43). The second-order valence-corrected chi connectivity index (χ2v) is 12.8. The molecule has 0 aliphatic carbocycles. The first-order chi connectivity index (χ1) is 23.4. The molecule has 0 aliphatic heterocycles. The number of benzene rings is 4. The second kappa shape index (κ2) is 15.3. The summed E-state index contributed by atoms with van der Waals surface area (Å²) in [5.74, 6) is 0.116. The maximum Gasteiger partial charge on any atom is 0.272 e. The van der Waals surface area contributed by atoms with E-state index in [2.05, 4.69) is 20.9 Å². The zero-order chi connectivity index (χ0) is 33.3. The van der Waals surface area contributed by atoms with Gasteiger partial charge >= 0.3 is 0 Å². The van der Waals surface area contributed by atoms with Gasteiger partial charge in [-0.2, -0.15) is 0 Å². The molecule has 0 saturated carbocycles. The molecule has 238 valence electrons. The quantitative estimate of drug-likeness (QED) is 0.0941. The molecule has 2 aromatic heterocycles. The highest BCUT2D eigenvalue weighted by molar-refractivity contribution is 8.00. The highest BCUT2D eigenvalue weighted by Crippen LogP contribution is 2.30. The van der Waals surface area contributed by atoms with Crippen LogP contribution in [0, 0.1) is 6.92 Å². The molecule has 0 bridgehead atoms. The summed E-state index contributed by atoms with van der Waals surface area (Å²) in [5.41, 5.74) is 3.70. The van der Waals surface area contributed by atoms with Gasteiger partial charge in [0.2, 0.25) is 5.91 Å². The number of furan rings is 1. The number of aromatic nitrogens is 1. The van der Waals surface area contributed by atoms with Crippen LogP contribution in [-0.2, 0) is 9.59 Å². The van der Waals surface area contributed by atoms with Crippen LogP contribution in [0.15, 0.2) is 142 Å². The highest BCUT2D eigenvalue weighted by Gasteiger charge is 2.17. The summed E-state index contributed by atoms with van der Waals surface area (Å²) in [4.78, 5) is 45.6. The monoisotopic (exact) mass is 670 g/mol. The van der Waals surface area contributed by atoms with E-state index in [-0.39, 0.29) is 17.4 Å². The molecule has 0 spiro atoms. The number of hydrogen-bond donors (Lipinski definition) is 3. The number of carbonyl (C=O) groups is 3. The van der Waals surface area contributed by atoms with Gasteiger partial charge < -0.3 is 20.4 Å². The predicted molar refractivity (Wildman–Crippen MR) is 193 cm³/mol. The number of hydrogen-bond acceptors (Lipinski definition) is 7. The van der Waals surface area contributed by atoms with Crippen LogP contribution in [0.3, 0.4) is 0 Å². The topological polar surface area (TPSA) is 113 Å². The van der Waals surface area contributed by atoms with E-state index in [1.54, 1.807) is 42.5 Å². The molecule has 0 atom stereocenters. The number of thioether (sulfide) groups is 1. The van der Waals surface area contributed by atoms with Crippen molar-refractivity contribution in [2.24, 2.45) is 0 Å². The normalized spacial score (nSPS) is 11.1. The molecular formula is C38H30N4O4S2. The molecule has 0 unspecified atom stereocenters. The highest BCUT2D eigenvalue weighted by atomic mass is 32.2. The number of anilines is 2. The number of nitrogens with one attached hydrogen (secondary N) is 3. The van der Waals surface area contributed by atoms with Crippen LogP contribution in [0.5, 0.6) is 0 Å². The van der Waals surface area contributed by atoms with Crippen molar-refractivity contribution < 1.29 is 18.8 Å². The third kappa shape index (κ3) is 8.35. The minimum absolute atomic E-state index is 0.0146. The fourth-order valence-corrected chi connectivity index (χ4v) is 6.27. The molecule has 4 aromatic carbocycles. The summed E-state index contributed by atoms with van der Waals surface area (Å²) in [7, 11) is 0. The van der Waals surface area contributed by atoms with Gasteiger partial charge in [-0.15, -0.1) is 23.1 Å². The number of nitrogens with zero attached hydrogens (tertiary/aromatic N) is 1. The molecule has 0 radical (unpaired) electrons. The first-order valence-electron chi connectivity index (χ1n) is 15.0. The Labute approximate surface area is 285 Å². The van der Waals surface area contributed by atoms with E-state index in [4.69, 9.17) is 4.42 Å². The van der Waals surface area contributed by atoms with E-state index in [9.17, 15) is 14.4 Å². The molecule has 0 aliphatic rings. The van der Waals surface area contributed by atoms with E-state index in [0.29, 0.717) is 27.9 Å². The van der Waals surface area contributed by atoms with Gasteiger partial charge in [-0.3, -0.25) is 14.4 Å². The first-order valence-corrected chi connectivity index (χ1v) is 16.8. The van der Waals surface area contributed by atoms with Gasteiger partial charge in [0, 0.05) is 38.2 Å². The molecule has 2 heterocycles. The first kappa shape index (κ1) is 32.2. The molecule has 6 rings (SSSR count). The van der Waals surface area contributed by atoms with Crippen molar-refractivity contribution in [2.45, 2.75) is 11.8 Å². The summed E-state index contributed by atoms with van der Waals surface area (Å²) in [6.07, 6.45) is 1.50. The van der Waals surface area contributed by atoms with Gasteiger partial charge in [-0.1, -0.05) is 78.9 Å². The molecule has 3 N–H and O–H groups in total. The van der Waals surface area contributed by atoms with E-state index in [1.807, 2.05) is 91.9 Å². The summed E-state index contributed by atoms with van der Waals surface area (Å²) in [6, 6.07) is 38.8. The second-order valence-electron chi connectivity index (χ2n) is 10.6. The smallest absolute Gasteiger partial charge is 0.272 e. The predicted octanol–water partition coefficient (Wildman–Crippen LogP) is 8.52. The van der Waals surface area contributed by atoms with Crippen LogP contribution in [0.1, 0.15) is 21.0 Å². The minimum Gasteiger partial charge on any atom is -0.457 e. The van der Waals surface area contributed by atoms with Crippen LogP contribution in [0.2, 0.25) is 0 Å². The lowest BCUT2D eigenvalue weighted by Gasteiger charge is -2.11. The number of rotatable bonds is 11. The van der Waals surface area contributed by atoms with E-state index in [1.165, 1.54) is 29.2 Å². The van der Waals surface area contributed by atoms with Crippen LogP contribution in [0.25, 0.3) is 28.7 Å². The van der Waals surface area contributed by atoms with Gasteiger partial charge in [0.25, 0.3) is 11.8 Å². The van der Waals surface area contributed by atoms with Crippen molar-refractivity contribution in [1.82, 2.24) is 10.3 Å². The molecule has 0 saturated heterocycles. The molecule has 48 heavy (non-hydrogen) atoms. The summed E-state index contributed by atoms with van der Waals surface area (Å²) >= 11 is 2.81. The van der Waals surface area contributed by atoms with Crippen LogP contribution in [0.4, 0.5) is 10.8 Å². The third-order valence-electron chi connectivity index (χ3n) is 7.07. The number of thiazole rings is 1. The summed E-state index contributed by atoms with van der Waals surface area (Å²) in [6.45, 7) is 1.99. The number of carbonyl (C=O) groups excluding carboxylic acids is 3. The van der Waals surface area contributed by atoms with Gasteiger partial charge in [0.1, 0.15) is 17.2 Å². The Morgan fingerprint density at radius 3 is 2.10 bits per heavy atom. The Balaban J connectivity index is 1.09. The van der Waals surface area contributed by atoms with E-state index < -0.39 is 11.8 Å². The van der Waals surface area contributed by atoms with Crippen molar-refractivity contribution in [3.63, 3.8) is 0 Å². The van der Waals surface area contributed by atoms with E-state index in [0.717, 1.165) is 26.6 Å². The van der Waals surface area contributed by atoms with Crippen LogP contribution >= 0.6 is 23.1 Å². The molecule has 0 fully saturated rings. The maximum atomic E-state index is 13.5. The lowest BCUT2D eigenvalue weighted by molar-refractivity contribution is -0.114. The van der Waals surface area contributed by atoms with E-state index >= 15 is 0 Å². The van der Waals surface area contributed by atoms with Crippen molar-refractivity contribution in [3.8, 4) is 22.6 Å².